The lowest BCUT2D eigenvalue weighted by Gasteiger charge is -2.22. The molecule has 0 saturated carbocycles. The Kier molecular flexibility index (Phi) is 5.91. The lowest BCUT2D eigenvalue weighted by atomic mass is 10.1. The highest BCUT2D eigenvalue weighted by Crippen LogP contribution is 2.24. The van der Waals surface area contributed by atoms with Gasteiger partial charge in [-0.05, 0) is 42.5 Å². The minimum Gasteiger partial charge on any atom is -0.502 e. The first kappa shape index (κ1) is 16.1. The van der Waals surface area contributed by atoms with Crippen molar-refractivity contribution < 1.29 is 17.9 Å². The number of rotatable bonds is 6. The minimum absolute atomic E-state index is 0.170. The van der Waals surface area contributed by atoms with Gasteiger partial charge in [0.2, 0.25) is 0 Å². The molecule has 1 atom stereocenters. The van der Waals surface area contributed by atoms with Crippen molar-refractivity contribution in [1.82, 2.24) is 0 Å². The summed E-state index contributed by atoms with van der Waals surface area (Å²) in [5, 5.41) is 0. The average Bonchev–Trinajstić information content (AvgIpc) is 2.46. The number of hydrogen-bond acceptors (Lipinski definition) is 1. The Morgan fingerprint density at radius 3 is 2.76 bits per heavy atom. The van der Waals surface area contributed by atoms with E-state index in [2.05, 4.69) is 6.92 Å². The molecule has 1 aliphatic rings. The van der Waals surface area contributed by atoms with Crippen LogP contribution in [0.2, 0.25) is 0 Å². The summed E-state index contributed by atoms with van der Waals surface area (Å²) in [6, 6.07) is 4.65. The van der Waals surface area contributed by atoms with E-state index in [1.54, 1.807) is 6.07 Å². The van der Waals surface area contributed by atoms with Crippen molar-refractivity contribution >= 4 is 9.52 Å². The summed E-state index contributed by atoms with van der Waals surface area (Å²) in [5.41, 5.74) is 1.75. The van der Waals surface area contributed by atoms with E-state index in [0.717, 1.165) is 31.2 Å². The number of alkyl halides is 2. The average molecular weight is 312 g/mol. The molecule has 0 N–H and O–H groups in total. The molecule has 1 aromatic rings. The normalized spacial score (nSPS) is 18.5. The Labute approximate surface area is 126 Å². The van der Waals surface area contributed by atoms with Crippen LogP contribution in [0.3, 0.4) is 0 Å². The third-order valence-corrected chi connectivity index (χ3v) is 5.02. The molecule has 1 aliphatic heterocycles. The molecule has 0 aliphatic carbocycles. The van der Waals surface area contributed by atoms with Gasteiger partial charge in [0.25, 0.3) is 6.43 Å². The molecule has 1 nitrogen and oxygen atoms in total. The first-order valence-electron chi connectivity index (χ1n) is 7.23. The van der Waals surface area contributed by atoms with Gasteiger partial charge in [-0.2, -0.15) is 0 Å². The Hall–Kier alpha value is -1.23. The number of ether oxygens (including phenoxy) is 1. The standard InChI is InChI=1S/C16H19F3OSi/c1-2-3-11-5-7-15(20-9-11)21-10-12-4-6-13(16(18)19)14(17)8-12/h4,6,8-9,15-16H,2-3,5,7,10H2,1H3. The third kappa shape index (κ3) is 4.63. The fourth-order valence-electron chi connectivity index (χ4n) is 2.37. The molecule has 0 aromatic heterocycles. The molecule has 0 bridgehead atoms. The SMILES string of the molecule is CCCC1=COC([Si]Cc2ccc(C(F)F)c(F)c2)CC1. The molecule has 5 heteroatoms. The molecule has 0 fully saturated rings. The van der Waals surface area contributed by atoms with Crippen LogP contribution in [-0.2, 0) is 10.8 Å². The van der Waals surface area contributed by atoms with Crippen LogP contribution in [0, 0.1) is 5.82 Å². The summed E-state index contributed by atoms with van der Waals surface area (Å²) in [6.45, 7) is 2.15. The maximum Gasteiger partial charge on any atom is 0.266 e. The molecule has 114 valence electrons. The van der Waals surface area contributed by atoms with E-state index < -0.39 is 17.8 Å². The molecular weight excluding hydrogens is 293 g/mol. The number of hydrogen-bond donors (Lipinski definition) is 0. The molecule has 1 unspecified atom stereocenters. The first-order chi connectivity index (χ1) is 10.1. The van der Waals surface area contributed by atoms with Crippen LogP contribution in [0.25, 0.3) is 0 Å². The summed E-state index contributed by atoms with van der Waals surface area (Å²) in [6.07, 6.45) is 3.36. The summed E-state index contributed by atoms with van der Waals surface area (Å²) in [4.78, 5) is 0. The molecule has 21 heavy (non-hydrogen) atoms. The van der Waals surface area contributed by atoms with Crippen molar-refractivity contribution in [2.75, 3.05) is 0 Å². The highest BCUT2D eigenvalue weighted by molar-refractivity contribution is 6.36. The van der Waals surface area contributed by atoms with E-state index in [1.807, 2.05) is 6.26 Å². The van der Waals surface area contributed by atoms with Gasteiger partial charge >= 0.3 is 0 Å². The smallest absolute Gasteiger partial charge is 0.266 e. The van der Waals surface area contributed by atoms with Gasteiger partial charge in [-0.3, -0.25) is 0 Å². The Morgan fingerprint density at radius 2 is 2.19 bits per heavy atom. The second-order valence-electron chi connectivity index (χ2n) is 5.23. The van der Waals surface area contributed by atoms with Gasteiger partial charge in [0, 0.05) is 0 Å². The Morgan fingerprint density at radius 1 is 1.38 bits per heavy atom. The molecular formula is C16H19F3OSi. The van der Waals surface area contributed by atoms with Crippen LogP contribution in [0.5, 0.6) is 0 Å². The largest absolute Gasteiger partial charge is 0.502 e. The van der Waals surface area contributed by atoms with E-state index in [-0.39, 0.29) is 5.73 Å². The molecule has 2 radical (unpaired) electrons. The van der Waals surface area contributed by atoms with Crippen LogP contribution < -0.4 is 0 Å². The van der Waals surface area contributed by atoms with Crippen molar-refractivity contribution in [2.24, 2.45) is 0 Å². The monoisotopic (exact) mass is 312 g/mol. The first-order valence-corrected chi connectivity index (χ1v) is 8.51. The second-order valence-corrected chi connectivity index (χ2v) is 6.63. The van der Waals surface area contributed by atoms with Gasteiger partial charge in [-0.15, -0.1) is 0 Å². The van der Waals surface area contributed by atoms with Crippen molar-refractivity contribution in [1.29, 1.82) is 0 Å². The van der Waals surface area contributed by atoms with Gasteiger partial charge in [0.15, 0.2) is 0 Å². The van der Waals surface area contributed by atoms with E-state index in [1.165, 1.54) is 17.7 Å². The topological polar surface area (TPSA) is 9.23 Å². The maximum absolute atomic E-state index is 13.5. The zero-order chi connectivity index (χ0) is 15.2. The Bertz CT molecular complexity index is 502. The van der Waals surface area contributed by atoms with Crippen LogP contribution >= 0.6 is 0 Å². The second kappa shape index (κ2) is 7.68. The van der Waals surface area contributed by atoms with E-state index in [0.29, 0.717) is 15.6 Å². The van der Waals surface area contributed by atoms with Crippen LogP contribution in [0.4, 0.5) is 13.2 Å². The summed E-state index contributed by atoms with van der Waals surface area (Å²) >= 11 is 0. The minimum atomic E-state index is -2.76. The van der Waals surface area contributed by atoms with Gasteiger partial charge in [-0.1, -0.05) is 25.5 Å². The van der Waals surface area contributed by atoms with Gasteiger partial charge in [0.05, 0.1) is 27.1 Å². The molecule has 1 aromatic carbocycles. The van der Waals surface area contributed by atoms with Crippen molar-refractivity contribution in [3.63, 3.8) is 0 Å². The summed E-state index contributed by atoms with van der Waals surface area (Å²) in [5.74, 6) is -0.818. The van der Waals surface area contributed by atoms with Gasteiger partial charge in [-0.25, -0.2) is 13.2 Å². The van der Waals surface area contributed by atoms with Gasteiger partial charge in [0.1, 0.15) is 5.82 Å². The lowest BCUT2D eigenvalue weighted by Crippen LogP contribution is -2.24. The number of benzene rings is 1. The lowest BCUT2D eigenvalue weighted by molar-refractivity contribution is 0.146. The highest BCUT2D eigenvalue weighted by atomic mass is 28.2. The van der Waals surface area contributed by atoms with Crippen LogP contribution in [0.15, 0.2) is 30.0 Å². The molecule has 0 amide bonds. The third-order valence-electron chi connectivity index (χ3n) is 3.53. The van der Waals surface area contributed by atoms with Crippen LogP contribution in [0.1, 0.15) is 50.2 Å². The number of allylic oxidation sites excluding steroid dienone is 1. The van der Waals surface area contributed by atoms with Crippen molar-refractivity contribution in [2.45, 2.75) is 50.8 Å². The zero-order valence-corrected chi connectivity index (χ0v) is 13.0. The van der Waals surface area contributed by atoms with E-state index in [9.17, 15) is 13.2 Å². The quantitative estimate of drug-likeness (QED) is 0.686. The predicted octanol–water partition coefficient (Wildman–Crippen LogP) is 4.79. The van der Waals surface area contributed by atoms with E-state index >= 15 is 0 Å². The van der Waals surface area contributed by atoms with Gasteiger partial charge < -0.3 is 4.74 Å². The predicted molar refractivity (Wildman–Crippen MR) is 77.9 cm³/mol. The molecule has 1 heterocycles. The highest BCUT2D eigenvalue weighted by Gasteiger charge is 2.17. The Balaban J connectivity index is 1.85. The van der Waals surface area contributed by atoms with Crippen molar-refractivity contribution in [3.05, 3.63) is 47.0 Å². The number of halogens is 3. The maximum atomic E-state index is 13.5. The molecule has 0 spiro atoms. The van der Waals surface area contributed by atoms with E-state index in [4.69, 9.17) is 4.74 Å². The summed E-state index contributed by atoms with van der Waals surface area (Å²) in [7, 11) is 0.517. The fraction of sp³-hybridized carbons (Fsp3) is 0.500. The molecule has 0 saturated heterocycles. The van der Waals surface area contributed by atoms with Crippen LogP contribution in [-0.4, -0.2) is 15.2 Å². The fourth-order valence-corrected chi connectivity index (χ4v) is 3.56. The molecule has 2 rings (SSSR count). The summed E-state index contributed by atoms with van der Waals surface area (Å²) < 4.78 is 44.1. The zero-order valence-electron chi connectivity index (χ0n) is 12.0. The van der Waals surface area contributed by atoms with Crippen molar-refractivity contribution in [3.8, 4) is 0 Å².